The van der Waals surface area contributed by atoms with Crippen LogP contribution in [0.25, 0.3) is 0 Å². The maximum Gasteiger partial charge on any atom is 0.119 e. The van der Waals surface area contributed by atoms with Crippen LogP contribution in [0.2, 0.25) is 0 Å². The van der Waals surface area contributed by atoms with Crippen molar-refractivity contribution < 1.29 is 9.47 Å². The fourth-order valence-corrected chi connectivity index (χ4v) is 2.23. The summed E-state index contributed by atoms with van der Waals surface area (Å²) in [5.74, 6) is 0.892. The minimum absolute atomic E-state index is 0.149. The Balaban J connectivity index is 2.05. The lowest BCUT2D eigenvalue weighted by atomic mass is 10.1. The van der Waals surface area contributed by atoms with Gasteiger partial charge in [-0.1, -0.05) is 25.5 Å². The normalized spacial score (nSPS) is 24.6. The van der Waals surface area contributed by atoms with Gasteiger partial charge in [0.15, 0.2) is 0 Å². The monoisotopic (exact) mass is 235 g/mol. The summed E-state index contributed by atoms with van der Waals surface area (Å²) >= 11 is 0. The van der Waals surface area contributed by atoms with E-state index in [2.05, 4.69) is 24.4 Å². The highest BCUT2D eigenvalue weighted by atomic mass is 16.5. The van der Waals surface area contributed by atoms with Crippen molar-refractivity contribution in [2.45, 2.75) is 32.0 Å². The Hall–Kier alpha value is -1.06. The molecule has 1 aromatic rings. The van der Waals surface area contributed by atoms with Gasteiger partial charge in [0.25, 0.3) is 0 Å². The molecule has 0 saturated carbocycles. The van der Waals surface area contributed by atoms with Crippen LogP contribution >= 0.6 is 0 Å². The topological polar surface area (TPSA) is 30.5 Å². The van der Waals surface area contributed by atoms with Gasteiger partial charge in [-0.2, -0.15) is 0 Å². The standard InChI is InChI=1S/C14H21NO2/c1-3-5-13-9-15-10-14(17-13)11-6-4-7-12(8-11)16-2/h4,6-8,13-15H,3,5,9-10H2,1-2H3. The van der Waals surface area contributed by atoms with Crippen LogP contribution in [-0.4, -0.2) is 26.3 Å². The first-order valence-electron chi connectivity index (χ1n) is 6.33. The second-order valence-corrected chi connectivity index (χ2v) is 4.47. The molecule has 1 aliphatic heterocycles. The molecule has 0 spiro atoms. The Morgan fingerprint density at radius 1 is 1.41 bits per heavy atom. The molecule has 94 valence electrons. The summed E-state index contributed by atoms with van der Waals surface area (Å²) in [5, 5.41) is 3.44. The number of morpholine rings is 1. The zero-order valence-corrected chi connectivity index (χ0v) is 10.6. The largest absolute Gasteiger partial charge is 0.497 e. The van der Waals surface area contributed by atoms with Gasteiger partial charge < -0.3 is 14.8 Å². The molecular formula is C14H21NO2. The number of nitrogens with one attached hydrogen (secondary N) is 1. The molecule has 1 saturated heterocycles. The van der Waals surface area contributed by atoms with E-state index in [9.17, 15) is 0 Å². The predicted molar refractivity (Wildman–Crippen MR) is 68.4 cm³/mol. The summed E-state index contributed by atoms with van der Waals surface area (Å²) in [5.41, 5.74) is 1.19. The van der Waals surface area contributed by atoms with Gasteiger partial charge in [0.2, 0.25) is 0 Å². The van der Waals surface area contributed by atoms with Crippen LogP contribution in [0.4, 0.5) is 0 Å². The molecule has 3 heteroatoms. The number of hydrogen-bond acceptors (Lipinski definition) is 3. The first-order chi connectivity index (χ1) is 8.33. The van der Waals surface area contributed by atoms with Gasteiger partial charge in [0.05, 0.1) is 19.3 Å². The van der Waals surface area contributed by atoms with Gasteiger partial charge in [0, 0.05) is 13.1 Å². The molecule has 1 fully saturated rings. The molecule has 1 N–H and O–H groups in total. The van der Waals surface area contributed by atoms with Crippen molar-refractivity contribution in [2.24, 2.45) is 0 Å². The highest BCUT2D eigenvalue weighted by Crippen LogP contribution is 2.25. The molecule has 2 unspecified atom stereocenters. The zero-order valence-electron chi connectivity index (χ0n) is 10.6. The van der Waals surface area contributed by atoms with Crippen LogP contribution < -0.4 is 10.1 Å². The Morgan fingerprint density at radius 2 is 2.29 bits per heavy atom. The van der Waals surface area contributed by atoms with Gasteiger partial charge >= 0.3 is 0 Å². The van der Waals surface area contributed by atoms with E-state index in [4.69, 9.17) is 9.47 Å². The van der Waals surface area contributed by atoms with Gasteiger partial charge in [-0.25, -0.2) is 0 Å². The van der Waals surface area contributed by atoms with Crippen molar-refractivity contribution in [1.82, 2.24) is 5.32 Å². The van der Waals surface area contributed by atoms with E-state index in [0.29, 0.717) is 6.10 Å². The third kappa shape index (κ3) is 3.20. The fourth-order valence-electron chi connectivity index (χ4n) is 2.23. The minimum atomic E-state index is 0.149. The molecular weight excluding hydrogens is 214 g/mol. The average molecular weight is 235 g/mol. The van der Waals surface area contributed by atoms with Crippen molar-refractivity contribution >= 4 is 0 Å². The second kappa shape index (κ2) is 6.03. The van der Waals surface area contributed by atoms with E-state index in [0.717, 1.165) is 31.7 Å². The van der Waals surface area contributed by atoms with Crippen molar-refractivity contribution in [3.8, 4) is 5.75 Å². The lowest BCUT2D eigenvalue weighted by molar-refractivity contribution is -0.0425. The Kier molecular flexibility index (Phi) is 4.40. The average Bonchev–Trinajstić information content (AvgIpc) is 2.40. The van der Waals surface area contributed by atoms with E-state index in [1.165, 1.54) is 5.56 Å². The van der Waals surface area contributed by atoms with Crippen LogP contribution in [0, 0.1) is 0 Å². The predicted octanol–water partition coefficient (Wildman–Crippen LogP) is 2.52. The Morgan fingerprint density at radius 3 is 3.06 bits per heavy atom. The number of rotatable bonds is 4. The van der Waals surface area contributed by atoms with Crippen LogP contribution in [0.5, 0.6) is 5.75 Å². The molecule has 2 rings (SSSR count). The Bertz CT molecular complexity index is 352. The Labute approximate surface area is 103 Å². The van der Waals surface area contributed by atoms with Crippen molar-refractivity contribution in [3.05, 3.63) is 29.8 Å². The molecule has 0 aromatic heterocycles. The van der Waals surface area contributed by atoms with Crippen molar-refractivity contribution in [1.29, 1.82) is 0 Å². The minimum Gasteiger partial charge on any atom is -0.497 e. The number of ether oxygens (including phenoxy) is 2. The highest BCUT2D eigenvalue weighted by Gasteiger charge is 2.22. The molecule has 17 heavy (non-hydrogen) atoms. The van der Waals surface area contributed by atoms with Gasteiger partial charge in [-0.05, 0) is 24.1 Å². The number of hydrogen-bond donors (Lipinski definition) is 1. The van der Waals surface area contributed by atoms with Crippen molar-refractivity contribution in [2.75, 3.05) is 20.2 Å². The molecule has 1 aromatic carbocycles. The SMILES string of the molecule is CCCC1CNCC(c2cccc(OC)c2)O1. The highest BCUT2D eigenvalue weighted by molar-refractivity contribution is 5.30. The maximum atomic E-state index is 6.09. The fraction of sp³-hybridized carbons (Fsp3) is 0.571. The summed E-state index contributed by atoms with van der Waals surface area (Å²) in [6.45, 7) is 4.04. The first kappa shape index (κ1) is 12.4. The van der Waals surface area contributed by atoms with Gasteiger partial charge in [0.1, 0.15) is 5.75 Å². The number of benzene rings is 1. The summed E-state index contributed by atoms with van der Waals surface area (Å²) in [4.78, 5) is 0. The molecule has 3 nitrogen and oxygen atoms in total. The lowest BCUT2D eigenvalue weighted by Gasteiger charge is -2.31. The van der Waals surface area contributed by atoms with Crippen molar-refractivity contribution in [3.63, 3.8) is 0 Å². The summed E-state index contributed by atoms with van der Waals surface area (Å²) in [6.07, 6.45) is 2.77. The summed E-state index contributed by atoms with van der Waals surface area (Å²) in [7, 11) is 1.69. The molecule has 0 aliphatic carbocycles. The van der Waals surface area contributed by atoms with Crippen LogP contribution in [-0.2, 0) is 4.74 Å². The quantitative estimate of drug-likeness (QED) is 0.870. The molecule has 1 aliphatic rings. The van der Waals surface area contributed by atoms with Crippen LogP contribution in [0.1, 0.15) is 31.4 Å². The van der Waals surface area contributed by atoms with Crippen LogP contribution in [0.15, 0.2) is 24.3 Å². The summed E-state index contributed by atoms with van der Waals surface area (Å²) < 4.78 is 11.3. The van der Waals surface area contributed by atoms with E-state index >= 15 is 0 Å². The van der Waals surface area contributed by atoms with E-state index in [-0.39, 0.29) is 6.10 Å². The first-order valence-corrected chi connectivity index (χ1v) is 6.33. The third-order valence-corrected chi connectivity index (χ3v) is 3.13. The maximum absolute atomic E-state index is 6.09. The smallest absolute Gasteiger partial charge is 0.119 e. The molecule has 0 amide bonds. The number of methoxy groups -OCH3 is 1. The lowest BCUT2D eigenvalue weighted by Crippen LogP contribution is -2.40. The van der Waals surface area contributed by atoms with E-state index < -0.39 is 0 Å². The molecule has 0 radical (unpaired) electrons. The molecule has 2 atom stereocenters. The molecule has 0 bridgehead atoms. The van der Waals surface area contributed by atoms with E-state index in [1.807, 2.05) is 12.1 Å². The zero-order chi connectivity index (χ0) is 12.1. The van der Waals surface area contributed by atoms with Gasteiger partial charge in [-0.15, -0.1) is 0 Å². The van der Waals surface area contributed by atoms with Crippen LogP contribution in [0.3, 0.4) is 0 Å². The molecule has 1 heterocycles. The summed E-state index contributed by atoms with van der Waals surface area (Å²) in [6, 6.07) is 8.13. The third-order valence-electron chi connectivity index (χ3n) is 3.13. The van der Waals surface area contributed by atoms with Gasteiger partial charge in [-0.3, -0.25) is 0 Å². The van der Waals surface area contributed by atoms with E-state index in [1.54, 1.807) is 7.11 Å². The second-order valence-electron chi connectivity index (χ2n) is 4.47.